The van der Waals surface area contributed by atoms with Gasteiger partial charge in [0.1, 0.15) is 5.91 Å². The number of aliphatic imine (C=N–C) groups is 1. The molecular weight excluding hydrogens is 174 g/mol. The Hall–Kier alpha value is -0.950. The molecule has 64 valence electrons. The van der Waals surface area contributed by atoms with Gasteiger partial charge in [0.2, 0.25) is 0 Å². The maximum absolute atomic E-state index is 9.89. The van der Waals surface area contributed by atoms with Crippen LogP contribution in [0.3, 0.4) is 0 Å². The normalized spacial score (nSPS) is 15.3. The van der Waals surface area contributed by atoms with Gasteiger partial charge in [0, 0.05) is 6.40 Å². The Morgan fingerprint density at radius 1 is 1.73 bits per heavy atom. The highest BCUT2D eigenvalue weighted by molar-refractivity contribution is 7.85. The van der Waals surface area contributed by atoms with Gasteiger partial charge in [-0.3, -0.25) is 4.55 Å². The minimum atomic E-state index is -3.67. The van der Waals surface area contributed by atoms with E-state index in [1.54, 1.807) is 0 Å². The summed E-state index contributed by atoms with van der Waals surface area (Å²) in [5.74, 6) is -0.255. The number of carbonyl (C=O) groups excluding carboxylic acids is 1. The van der Waals surface area contributed by atoms with Crippen molar-refractivity contribution in [2.75, 3.05) is 12.9 Å². The highest BCUT2D eigenvalue weighted by Crippen LogP contribution is 1.83. The van der Waals surface area contributed by atoms with Crippen LogP contribution in [0.5, 0.6) is 0 Å². The fraction of sp³-hybridized carbons (Fsp3) is 0.500. The third kappa shape index (κ3) is 12.3. The van der Waals surface area contributed by atoms with E-state index in [2.05, 4.69) is 9.73 Å². The molecule has 0 radical (unpaired) electrons. The molecule has 0 aromatic heterocycles. The molecule has 11 heavy (non-hydrogen) atoms. The lowest BCUT2D eigenvalue weighted by Crippen LogP contribution is -1.92. The Bertz CT molecular complexity index is 246. The van der Waals surface area contributed by atoms with Crippen molar-refractivity contribution < 1.29 is 22.5 Å². The van der Waals surface area contributed by atoms with E-state index in [-0.39, 0.29) is 12.5 Å². The number of carbonyl (C=O) groups is 1. The topological polar surface area (TPSA) is 93.0 Å². The lowest BCUT2D eigenvalue weighted by molar-refractivity contribution is -0.118. The molecule has 0 aromatic rings. The van der Waals surface area contributed by atoms with E-state index < -0.39 is 10.1 Å². The fourth-order valence-corrected chi connectivity index (χ4v) is 0.209. The van der Waals surface area contributed by atoms with Crippen LogP contribution in [0.25, 0.3) is 0 Å². The molecule has 0 saturated heterocycles. The Morgan fingerprint density at radius 3 is 2.27 bits per heavy atom. The van der Waals surface area contributed by atoms with Crippen molar-refractivity contribution in [1.82, 2.24) is 0 Å². The summed E-state index contributed by atoms with van der Waals surface area (Å²) in [5, 5.41) is 0. The molecule has 1 rings (SSSR count). The average molecular weight is 180 g/mol. The van der Waals surface area contributed by atoms with Gasteiger partial charge in [-0.05, 0) is 0 Å². The zero-order chi connectivity index (χ0) is 8.91. The molecule has 0 saturated carbocycles. The average Bonchev–Trinajstić information content (AvgIpc) is 2.12. The van der Waals surface area contributed by atoms with Gasteiger partial charge < -0.3 is 14.5 Å². The summed E-state index contributed by atoms with van der Waals surface area (Å²) >= 11 is 0. The second kappa shape index (κ2) is 4.04. The first kappa shape index (κ1) is 10.0. The monoisotopic (exact) mass is 180 g/mol. The Morgan fingerprint density at radius 2 is 2.18 bits per heavy atom. The van der Waals surface area contributed by atoms with Gasteiger partial charge >= 0.3 is 0 Å². The van der Waals surface area contributed by atoms with Gasteiger partial charge in [-0.25, -0.2) is 0 Å². The van der Waals surface area contributed by atoms with Crippen LogP contribution in [0.15, 0.2) is 4.99 Å². The smallest absolute Gasteiger partial charge is 0.261 e. The van der Waals surface area contributed by atoms with Crippen LogP contribution >= 0.6 is 0 Å². The molecule has 1 aliphatic rings. The molecule has 0 atom stereocenters. The molecule has 1 amide bonds. The predicted octanol–water partition coefficient (Wildman–Crippen LogP) is -1.05. The molecule has 0 bridgehead atoms. The molecule has 0 aromatic carbocycles. The number of hydrogen-bond donors (Lipinski definition) is 1. The minimum Gasteiger partial charge on any atom is -0.581 e. The number of ether oxygens (including phenoxy) is 1. The molecular formula is C4H6NO5S-. The van der Waals surface area contributed by atoms with Gasteiger partial charge in [-0.2, -0.15) is 8.42 Å². The fourth-order valence-electron chi connectivity index (χ4n) is 0.209. The van der Waals surface area contributed by atoms with Crippen LogP contribution in [0.2, 0.25) is 0 Å². The summed E-state index contributed by atoms with van der Waals surface area (Å²) in [6.07, 6.45) is 2.76. The van der Waals surface area contributed by atoms with Crippen LogP contribution in [0.4, 0.5) is 0 Å². The first-order valence-electron chi connectivity index (χ1n) is 2.42. The Balaban J connectivity index is 0.000000187. The van der Waals surface area contributed by atoms with E-state index >= 15 is 0 Å². The number of hydrogen-bond acceptors (Lipinski definition) is 4. The van der Waals surface area contributed by atoms with Crippen molar-refractivity contribution in [1.29, 1.82) is 0 Å². The largest absolute Gasteiger partial charge is 0.581 e. The molecule has 6 nitrogen and oxygen atoms in total. The van der Waals surface area contributed by atoms with Crippen LogP contribution in [-0.4, -0.2) is 38.1 Å². The third-order valence-corrected chi connectivity index (χ3v) is 0.431. The highest BCUT2D eigenvalue weighted by Gasteiger charge is 1.87. The van der Waals surface area contributed by atoms with E-state index in [1.165, 1.54) is 0 Å². The number of rotatable bonds is 0. The van der Waals surface area contributed by atoms with Crippen molar-refractivity contribution in [3.8, 4) is 0 Å². The van der Waals surface area contributed by atoms with Gasteiger partial charge in [0.25, 0.3) is 10.1 Å². The summed E-state index contributed by atoms with van der Waals surface area (Å²) in [4.78, 5) is 13.0. The number of amides is 1. The van der Waals surface area contributed by atoms with E-state index in [1.807, 2.05) is 6.40 Å². The second-order valence-corrected chi connectivity index (χ2v) is 3.08. The van der Waals surface area contributed by atoms with Crippen molar-refractivity contribution in [3.63, 3.8) is 0 Å². The standard InChI is InChI=1S/C3H2NO2.CH4O3S/c5-3-1-6-2-4-3;1-5(2,3)4/h1H2;1H3,(H,2,3,4)/q-1;. The minimum absolute atomic E-state index is 0.0694. The molecule has 1 N–H and O–H groups in total. The van der Waals surface area contributed by atoms with Crippen molar-refractivity contribution in [2.24, 2.45) is 4.99 Å². The molecule has 7 heteroatoms. The van der Waals surface area contributed by atoms with Gasteiger partial charge in [0.15, 0.2) is 0 Å². The van der Waals surface area contributed by atoms with Gasteiger partial charge in [0.05, 0.1) is 12.9 Å². The maximum Gasteiger partial charge on any atom is 0.261 e. The van der Waals surface area contributed by atoms with Crippen molar-refractivity contribution in [3.05, 3.63) is 0 Å². The molecule has 0 spiro atoms. The highest BCUT2D eigenvalue weighted by atomic mass is 32.2. The molecule has 0 aliphatic carbocycles. The summed E-state index contributed by atoms with van der Waals surface area (Å²) in [6.45, 7) is 0.0694. The Labute approximate surface area is 63.6 Å². The van der Waals surface area contributed by atoms with Crippen LogP contribution in [0.1, 0.15) is 0 Å². The van der Waals surface area contributed by atoms with E-state index in [0.29, 0.717) is 6.26 Å². The molecule has 0 unspecified atom stereocenters. The number of nitrogens with zero attached hydrogens (tertiary/aromatic N) is 1. The van der Waals surface area contributed by atoms with E-state index in [0.717, 1.165) is 0 Å². The lowest BCUT2D eigenvalue weighted by atomic mass is 10.7. The van der Waals surface area contributed by atoms with E-state index in [9.17, 15) is 13.2 Å². The Kier molecular flexibility index (Phi) is 3.69. The zero-order valence-corrected chi connectivity index (χ0v) is 6.46. The van der Waals surface area contributed by atoms with Crippen molar-refractivity contribution >= 4 is 22.4 Å². The molecule has 1 heterocycles. The maximum atomic E-state index is 9.89. The van der Waals surface area contributed by atoms with Crippen LogP contribution < -0.4 is 0 Å². The van der Waals surface area contributed by atoms with Gasteiger partial charge in [-0.15, -0.1) is 0 Å². The summed E-state index contributed by atoms with van der Waals surface area (Å²) < 4.78 is 30.2. The summed E-state index contributed by atoms with van der Waals surface area (Å²) in [7, 11) is -3.67. The quantitative estimate of drug-likeness (QED) is 0.379. The molecule has 1 aliphatic heterocycles. The summed E-state index contributed by atoms with van der Waals surface area (Å²) in [6, 6.07) is 0. The lowest BCUT2D eigenvalue weighted by Gasteiger charge is -1.87. The predicted molar refractivity (Wildman–Crippen MR) is 35.9 cm³/mol. The second-order valence-electron chi connectivity index (χ2n) is 1.62. The first-order valence-corrected chi connectivity index (χ1v) is 4.27. The van der Waals surface area contributed by atoms with Crippen molar-refractivity contribution in [2.45, 2.75) is 0 Å². The SMILES string of the molecule is CS(=O)(=O)O.O=C1CO[C-]=N1. The summed E-state index contributed by atoms with van der Waals surface area (Å²) in [5.41, 5.74) is 0. The third-order valence-electron chi connectivity index (χ3n) is 0.431. The first-order chi connectivity index (χ1) is 4.89. The van der Waals surface area contributed by atoms with Crippen LogP contribution in [-0.2, 0) is 19.6 Å². The zero-order valence-electron chi connectivity index (χ0n) is 5.64. The molecule has 0 fully saturated rings. The van der Waals surface area contributed by atoms with Crippen LogP contribution in [0, 0.1) is 0 Å². The van der Waals surface area contributed by atoms with E-state index in [4.69, 9.17) is 4.55 Å². The van der Waals surface area contributed by atoms with Gasteiger partial charge in [-0.1, -0.05) is 0 Å².